The summed E-state index contributed by atoms with van der Waals surface area (Å²) in [6.07, 6.45) is -1.27. The second-order valence-corrected chi connectivity index (χ2v) is 6.34. The Morgan fingerprint density at radius 1 is 1.03 bits per heavy atom. The lowest BCUT2D eigenvalue weighted by molar-refractivity contribution is -0.130. The van der Waals surface area contributed by atoms with E-state index >= 15 is 0 Å². The number of amides is 2. The van der Waals surface area contributed by atoms with Gasteiger partial charge in [0.1, 0.15) is 0 Å². The first-order valence-corrected chi connectivity index (χ1v) is 9.40. The molecule has 11 heteroatoms. The van der Waals surface area contributed by atoms with Gasteiger partial charge in [-0.15, -0.1) is 0 Å². The van der Waals surface area contributed by atoms with E-state index in [2.05, 4.69) is 5.32 Å². The minimum absolute atomic E-state index is 0.108. The molecule has 0 aromatic heterocycles. The zero-order chi connectivity index (χ0) is 23.8. The second-order valence-electron chi connectivity index (χ2n) is 6.34. The third-order valence-corrected chi connectivity index (χ3v) is 4.08. The summed E-state index contributed by atoms with van der Waals surface area (Å²) >= 11 is 0. The molecule has 8 nitrogen and oxygen atoms in total. The molecule has 0 radical (unpaired) electrons. The van der Waals surface area contributed by atoms with Gasteiger partial charge in [-0.25, -0.2) is 18.0 Å². The molecule has 2 aromatic rings. The van der Waals surface area contributed by atoms with Gasteiger partial charge in [-0.1, -0.05) is 0 Å². The Balaban J connectivity index is 1.90. The lowest BCUT2D eigenvalue weighted by Gasteiger charge is -2.15. The Hall–Kier alpha value is -3.76. The van der Waals surface area contributed by atoms with Crippen molar-refractivity contribution in [1.29, 1.82) is 0 Å². The van der Waals surface area contributed by atoms with Crippen LogP contribution in [0.2, 0.25) is 0 Å². The van der Waals surface area contributed by atoms with Crippen molar-refractivity contribution in [3.8, 4) is 11.5 Å². The van der Waals surface area contributed by atoms with E-state index in [-0.39, 0.29) is 5.56 Å². The molecule has 1 unspecified atom stereocenters. The molecule has 2 aromatic carbocycles. The third kappa shape index (κ3) is 6.13. The van der Waals surface area contributed by atoms with Crippen molar-refractivity contribution < 1.29 is 41.8 Å². The number of halogens is 3. The molecule has 2 rings (SSSR count). The summed E-state index contributed by atoms with van der Waals surface area (Å²) in [5.74, 6) is -6.51. The number of anilines is 1. The Labute approximate surface area is 181 Å². The molecule has 172 valence electrons. The fraction of sp³-hybridized carbons (Fsp3) is 0.286. The van der Waals surface area contributed by atoms with Crippen LogP contribution in [0.4, 0.5) is 18.9 Å². The van der Waals surface area contributed by atoms with Crippen molar-refractivity contribution in [1.82, 2.24) is 5.32 Å². The summed E-state index contributed by atoms with van der Waals surface area (Å²) in [7, 11) is 1.40. The Bertz CT molecular complexity index is 1020. The molecule has 0 aliphatic carbocycles. The highest BCUT2D eigenvalue weighted by molar-refractivity contribution is 5.96. The van der Waals surface area contributed by atoms with Gasteiger partial charge < -0.3 is 24.8 Å². The van der Waals surface area contributed by atoms with E-state index in [9.17, 15) is 27.6 Å². The SMILES string of the molecule is CCOc1ccc(C(=O)OC(C)C(=O)NCC(=O)Nc2ccc(F)c(F)c2F)cc1OC. The summed E-state index contributed by atoms with van der Waals surface area (Å²) < 4.78 is 55.3. The average molecular weight is 454 g/mol. The van der Waals surface area contributed by atoms with E-state index in [0.29, 0.717) is 24.2 Å². The number of esters is 1. The zero-order valence-corrected chi connectivity index (χ0v) is 17.5. The number of ether oxygens (including phenoxy) is 3. The number of rotatable bonds is 9. The average Bonchev–Trinajstić information content (AvgIpc) is 2.78. The summed E-state index contributed by atoms with van der Waals surface area (Å²) in [4.78, 5) is 36.2. The Morgan fingerprint density at radius 3 is 2.41 bits per heavy atom. The van der Waals surface area contributed by atoms with Gasteiger partial charge >= 0.3 is 5.97 Å². The number of hydrogen-bond acceptors (Lipinski definition) is 6. The largest absolute Gasteiger partial charge is 0.493 e. The van der Waals surface area contributed by atoms with E-state index in [4.69, 9.17) is 14.2 Å². The van der Waals surface area contributed by atoms with Gasteiger partial charge in [0.15, 0.2) is 35.1 Å². The predicted octanol–water partition coefficient (Wildman–Crippen LogP) is 2.81. The highest BCUT2D eigenvalue weighted by Gasteiger charge is 2.21. The lowest BCUT2D eigenvalue weighted by Crippen LogP contribution is -2.40. The third-order valence-electron chi connectivity index (χ3n) is 4.08. The maximum atomic E-state index is 13.6. The van der Waals surface area contributed by atoms with Gasteiger partial charge in [-0.3, -0.25) is 9.59 Å². The standard InChI is InChI=1S/C21H21F3N2O6/c1-4-31-15-8-5-12(9-16(15)30-3)21(29)32-11(2)20(28)25-10-17(27)26-14-7-6-13(22)18(23)19(14)24/h5-9,11H,4,10H2,1-3H3,(H,25,28)(H,26,27). The molecule has 32 heavy (non-hydrogen) atoms. The summed E-state index contributed by atoms with van der Waals surface area (Å²) in [5.41, 5.74) is -0.483. The number of benzene rings is 2. The summed E-state index contributed by atoms with van der Waals surface area (Å²) in [6.45, 7) is 2.84. The molecule has 0 bridgehead atoms. The molecule has 0 spiro atoms. The molecule has 0 heterocycles. The fourth-order valence-electron chi connectivity index (χ4n) is 2.48. The maximum absolute atomic E-state index is 13.6. The van der Waals surface area contributed by atoms with Crippen molar-refractivity contribution in [2.75, 3.05) is 25.6 Å². The van der Waals surface area contributed by atoms with Crippen molar-refractivity contribution in [2.45, 2.75) is 20.0 Å². The van der Waals surface area contributed by atoms with Crippen molar-refractivity contribution in [2.24, 2.45) is 0 Å². The molecule has 0 aliphatic rings. The van der Waals surface area contributed by atoms with Crippen LogP contribution < -0.4 is 20.1 Å². The van der Waals surface area contributed by atoms with Crippen LogP contribution in [0.25, 0.3) is 0 Å². The van der Waals surface area contributed by atoms with Crippen LogP contribution in [-0.2, 0) is 14.3 Å². The normalized spacial score (nSPS) is 11.3. The van der Waals surface area contributed by atoms with E-state index in [1.54, 1.807) is 6.92 Å². The minimum Gasteiger partial charge on any atom is -0.493 e. The fourth-order valence-corrected chi connectivity index (χ4v) is 2.48. The van der Waals surface area contributed by atoms with Gasteiger partial charge in [-0.05, 0) is 44.2 Å². The topological polar surface area (TPSA) is 103 Å². The second kappa shape index (κ2) is 11.0. The quantitative estimate of drug-likeness (QED) is 0.446. The number of nitrogens with one attached hydrogen (secondary N) is 2. The van der Waals surface area contributed by atoms with Crippen molar-refractivity contribution in [3.05, 3.63) is 53.3 Å². The molecule has 0 saturated heterocycles. The van der Waals surface area contributed by atoms with Crippen LogP contribution in [0.3, 0.4) is 0 Å². The molecule has 1 atom stereocenters. The number of carbonyl (C=O) groups excluding carboxylic acids is 3. The van der Waals surface area contributed by atoms with Crippen LogP contribution in [-0.4, -0.2) is 44.1 Å². The molecule has 0 saturated carbocycles. The van der Waals surface area contributed by atoms with Crippen LogP contribution in [0, 0.1) is 17.5 Å². The molecule has 0 fully saturated rings. The first-order valence-electron chi connectivity index (χ1n) is 9.40. The van der Waals surface area contributed by atoms with E-state index in [1.165, 1.54) is 32.2 Å². The molecule has 0 aliphatic heterocycles. The van der Waals surface area contributed by atoms with Gasteiger partial charge in [0, 0.05) is 0 Å². The molecular formula is C21H21F3N2O6. The van der Waals surface area contributed by atoms with Crippen LogP contribution in [0.15, 0.2) is 30.3 Å². The highest BCUT2D eigenvalue weighted by Crippen LogP contribution is 2.28. The predicted molar refractivity (Wildman–Crippen MR) is 107 cm³/mol. The monoisotopic (exact) mass is 454 g/mol. The van der Waals surface area contributed by atoms with Crippen molar-refractivity contribution >= 4 is 23.5 Å². The van der Waals surface area contributed by atoms with Gasteiger partial charge in [0.25, 0.3) is 5.91 Å². The van der Waals surface area contributed by atoms with Crippen LogP contribution in [0.1, 0.15) is 24.2 Å². The highest BCUT2D eigenvalue weighted by atomic mass is 19.2. The number of carbonyl (C=O) groups is 3. The zero-order valence-electron chi connectivity index (χ0n) is 17.5. The summed E-state index contributed by atoms with van der Waals surface area (Å²) in [6, 6.07) is 5.82. The lowest BCUT2D eigenvalue weighted by atomic mass is 10.2. The van der Waals surface area contributed by atoms with E-state index < -0.39 is 53.6 Å². The molecule has 2 amide bonds. The Morgan fingerprint density at radius 2 is 1.75 bits per heavy atom. The van der Waals surface area contributed by atoms with Crippen molar-refractivity contribution in [3.63, 3.8) is 0 Å². The van der Waals surface area contributed by atoms with Crippen LogP contribution in [0.5, 0.6) is 11.5 Å². The van der Waals surface area contributed by atoms with Gasteiger partial charge in [0.2, 0.25) is 5.91 Å². The van der Waals surface area contributed by atoms with Gasteiger partial charge in [0.05, 0.1) is 31.5 Å². The molecular weight excluding hydrogens is 433 g/mol. The first kappa shape index (κ1) is 24.5. The minimum atomic E-state index is -1.74. The maximum Gasteiger partial charge on any atom is 0.339 e. The Kier molecular flexibility index (Phi) is 8.45. The van der Waals surface area contributed by atoms with E-state index in [0.717, 1.165) is 6.07 Å². The number of hydrogen-bond donors (Lipinski definition) is 2. The van der Waals surface area contributed by atoms with Gasteiger partial charge in [-0.2, -0.15) is 0 Å². The van der Waals surface area contributed by atoms with E-state index in [1.807, 2.05) is 5.32 Å². The summed E-state index contributed by atoms with van der Waals surface area (Å²) in [5, 5.41) is 4.19. The smallest absolute Gasteiger partial charge is 0.339 e. The molecule has 2 N–H and O–H groups in total. The first-order chi connectivity index (χ1) is 15.2. The van der Waals surface area contributed by atoms with Crippen LogP contribution >= 0.6 is 0 Å². The number of methoxy groups -OCH3 is 1.